The van der Waals surface area contributed by atoms with Gasteiger partial charge in [-0.25, -0.2) is 18.3 Å². The first kappa shape index (κ1) is 16.4. The summed E-state index contributed by atoms with van der Waals surface area (Å²) < 4.78 is 29.7. The highest BCUT2D eigenvalue weighted by Crippen LogP contribution is 2.37. The van der Waals surface area contributed by atoms with Gasteiger partial charge in [0.2, 0.25) is 0 Å². The quantitative estimate of drug-likeness (QED) is 0.767. The van der Waals surface area contributed by atoms with Crippen LogP contribution in [0, 0.1) is 11.6 Å². The average Bonchev–Trinajstić information content (AvgIpc) is 3.27. The van der Waals surface area contributed by atoms with Crippen LogP contribution in [0.4, 0.5) is 20.3 Å². The van der Waals surface area contributed by atoms with Crippen molar-refractivity contribution in [1.82, 2.24) is 14.6 Å². The van der Waals surface area contributed by atoms with Crippen molar-refractivity contribution in [2.24, 2.45) is 0 Å². The SMILES string of the molecule is OC1CN(c2cnn3ccc(N4CCC[C@@H]4c4cc(F)ccc4F)nc23)C1. The zero-order chi connectivity index (χ0) is 18.5. The van der Waals surface area contributed by atoms with Gasteiger partial charge >= 0.3 is 0 Å². The van der Waals surface area contributed by atoms with Gasteiger partial charge in [-0.3, -0.25) is 0 Å². The van der Waals surface area contributed by atoms with Crippen molar-refractivity contribution >= 4 is 17.2 Å². The Morgan fingerprint density at radius 3 is 2.81 bits per heavy atom. The van der Waals surface area contributed by atoms with Gasteiger partial charge in [0.1, 0.15) is 23.1 Å². The standard InChI is InChI=1S/C19H19F2N5O/c20-12-3-4-15(21)14(8-12)16-2-1-6-25(16)18-5-7-26-19(23-18)17(9-22-26)24-10-13(27)11-24/h3-5,7-9,13,16,27H,1-2,6,10-11H2/t16-/m1/s1. The monoisotopic (exact) mass is 371 g/mol. The summed E-state index contributed by atoms with van der Waals surface area (Å²) in [7, 11) is 0. The molecule has 1 N–H and O–H groups in total. The molecule has 0 radical (unpaired) electrons. The van der Waals surface area contributed by atoms with Crippen LogP contribution < -0.4 is 9.80 Å². The predicted octanol–water partition coefficient (Wildman–Crippen LogP) is 2.53. The van der Waals surface area contributed by atoms with Gasteiger partial charge in [-0.05, 0) is 37.1 Å². The van der Waals surface area contributed by atoms with Crippen LogP contribution in [0.5, 0.6) is 0 Å². The van der Waals surface area contributed by atoms with Gasteiger partial charge in [0.25, 0.3) is 0 Å². The number of halogens is 2. The second kappa shape index (κ2) is 6.16. The van der Waals surface area contributed by atoms with E-state index in [-0.39, 0.29) is 12.1 Å². The van der Waals surface area contributed by atoms with Gasteiger partial charge in [-0.2, -0.15) is 5.10 Å². The minimum absolute atomic E-state index is 0.243. The first-order chi connectivity index (χ1) is 13.1. The Kier molecular flexibility index (Phi) is 3.75. The van der Waals surface area contributed by atoms with Crippen molar-refractivity contribution in [2.75, 3.05) is 29.4 Å². The van der Waals surface area contributed by atoms with E-state index in [1.54, 1.807) is 10.7 Å². The number of nitrogens with zero attached hydrogens (tertiary/aromatic N) is 5. The molecule has 3 aromatic rings. The largest absolute Gasteiger partial charge is 0.389 e. The van der Waals surface area contributed by atoms with Gasteiger partial charge in [0.05, 0.1) is 18.3 Å². The topological polar surface area (TPSA) is 56.9 Å². The number of aromatic nitrogens is 3. The normalized spacial score (nSPS) is 20.5. The van der Waals surface area contributed by atoms with Crippen LogP contribution in [0.25, 0.3) is 5.65 Å². The van der Waals surface area contributed by atoms with Gasteiger partial charge in [0.15, 0.2) is 5.65 Å². The molecule has 2 fully saturated rings. The van der Waals surface area contributed by atoms with Crippen LogP contribution in [-0.2, 0) is 0 Å². The Labute approximate surface area is 154 Å². The molecule has 5 rings (SSSR count). The van der Waals surface area contributed by atoms with E-state index in [9.17, 15) is 13.9 Å². The minimum atomic E-state index is -0.434. The fourth-order valence-corrected chi connectivity index (χ4v) is 4.02. The molecule has 1 aromatic carbocycles. The second-order valence-electron chi connectivity index (χ2n) is 7.16. The van der Waals surface area contributed by atoms with E-state index in [2.05, 4.69) is 5.10 Å². The van der Waals surface area contributed by atoms with Crippen LogP contribution in [0.1, 0.15) is 24.4 Å². The van der Waals surface area contributed by atoms with Crippen LogP contribution in [0.2, 0.25) is 0 Å². The molecular weight excluding hydrogens is 352 g/mol. The third-order valence-electron chi connectivity index (χ3n) is 5.40. The number of hydrogen-bond donors (Lipinski definition) is 1. The maximum atomic E-state index is 14.3. The number of anilines is 2. The molecule has 2 aliphatic rings. The maximum Gasteiger partial charge on any atom is 0.180 e. The zero-order valence-electron chi connectivity index (χ0n) is 14.6. The van der Waals surface area contributed by atoms with Gasteiger partial charge in [-0.15, -0.1) is 0 Å². The summed E-state index contributed by atoms with van der Waals surface area (Å²) in [5.74, 6) is -0.110. The smallest absolute Gasteiger partial charge is 0.180 e. The molecule has 0 spiro atoms. The van der Waals surface area contributed by atoms with E-state index >= 15 is 0 Å². The summed E-state index contributed by atoms with van der Waals surface area (Å²) in [6.07, 6.45) is 4.89. The van der Waals surface area contributed by atoms with E-state index in [0.29, 0.717) is 24.3 Å². The van der Waals surface area contributed by atoms with Crippen LogP contribution >= 0.6 is 0 Å². The van der Waals surface area contributed by atoms with Crippen molar-refractivity contribution in [2.45, 2.75) is 25.0 Å². The molecule has 2 aromatic heterocycles. The minimum Gasteiger partial charge on any atom is -0.389 e. The molecule has 6 nitrogen and oxygen atoms in total. The molecule has 0 unspecified atom stereocenters. The number of benzene rings is 1. The lowest BCUT2D eigenvalue weighted by Crippen LogP contribution is -2.50. The third kappa shape index (κ3) is 2.71. The zero-order valence-corrected chi connectivity index (χ0v) is 14.6. The molecule has 1 atom stereocenters. The first-order valence-electron chi connectivity index (χ1n) is 9.09. The molecule has 4 heterocycles. The van der Waals surface area contributed by atoms with Crippen molar-refractivity contribution in [1.29, 1.82) is 0 Å². The first-order valence-corrected chi connectivity index (χ1v) is 9.09. The Morgan fingerprint density at radius 1 is 1.15 bits per heavy atom. The van der Waals surface area contributed by atoms with Crippen LogP contribution in [0.15, 0.2) is 36.7 Å². The van der Waals surface area contributed by atoms with Crippen molar-refractivity contribution in [3.8, 4) is 0 Å². The lowest BCUT2D eigenvalue weighted by atomic mass is 10.0. The predicted molar refractivity (Wildman–Crippen MR) is 96.9 cm³/mol. The summed E-state index contributed by atoms with van der Waals surface area (Å²) in [4.78, 5) is 8.81. The highest BCUT2D eigenvalue weighted by molar-refractivity contribution is 5.71. The fourth-order valence-electron chi connectivity index (χ4n) is 4.02. The summed E-state index contributed by atoms with van der Waals surface area (Å²) in [5, 5.41) is 13.9. The van der Waals surface area contributed by atoms with Gasteiger partial charge in [0, 0.05) is 31.4 Å². The summed E-state index contributed by atoms with van der Waals surface area (Å²) in [6, 6.07) is 5.21. The maximum absolute atomic E-state index is 14.3. The summed E-state index contributed by atoms with van der Waals surface area (Å²) in [5.41, 5.74) is 1.94. The Morgan fingerprint density at radius 2 is 2.00 bits per heavy atom. The van der Waals surface area contributed by atoms with Crippen LogP contribution in [0.3, 0.4) is 0 Å². The number of aliphatic hydroxyl groups excluding tert-OH is 1. The molecule has 140 valence electrons. The van der Waals surface area contributed by atoms with Crippen molar-refractivity contribution < 1.29 is 13.9 Å². The number of β-amino-alcohol motifs (C(OH)–C–C–N with tert-alkyl or cyclic N) is 1. The fraction of sp³-hybridized carbons (Fsp3) is 0.368. The average molecular weight is 371 g/mol. The van der Waals surface area contributed by atoms with E-state index in [1.165, 1.54) is 12.1 Å². The highest BCUT2D eigenvalue weighted by Gasteiger charge is 2.31. The molecule has 8 heteroatoms. The molecule has 0 saturated carbocycles. The van der Waals surface area contributed by atoms with E-state index in [1.807, 2.05) is 22.1 Å². The molecule has 2 saturated heterocycles. The summed E-state index contributed by atoms with van der Waals surface area (Å²) >= 11 is 0. The summed E-state index contributed by atoms with van der Waals surface area (Å²) in [6.45, 7) is 1.86. The van der Waals surface area contributed by atoms with Gasteiger partial charge in [-0.1, -0.05) is 0 Å². The molecule has 2 aliphatic heterocycles. The molecule has 0 aliphatic carbocycles. The second-order valence-corrected chi connectivity index (χ2v) is 7.16. The Balaban J connectivity index is 1.52. The third-order valence-corrected chi connectivity index (χ3v) is 5.40. The lowest BCUT2D eigenvalue weighted by molar-refractivity contribution is 0.142. The van der Waals surface area contributed by atoms with E-state index in [4.69, 9.17) is 4.98 Å². The Hall–Kier alpha value is -2.74. The molecule has 27 heavy (non-hydrogen) atoms. The number of hydrogen-bond acceptors (Lipinski definition) is 5. The number of aliphatic hydroxyl groups is 1. The lowest BCUT2D eigenvalue weighted by Gasteiger charge is -2.36. The van der Waals surface area contributed by atoms with Crippen molar-refractivity contribution in [3.05, 3.63) is 53.9 Å². The molecule has 0 amide bonds. The molecule has 0 bridgehead atoms. The number of rotatable bonds is 3. The van der Waals surface area contributed by atoms with Gasteiger partial charge < -0.3 is 14.9 Å². The van der Waals surface area contributed by atoms with E-state index in [0.717, 1.165) is 37.0 Å². The van der Waals surface area contributed by atoms with E-state index < -0.39 is 11.6 Å². The van der Waals surface area contributed by atoms with Crippen LogP contribution in [-0.4, -0.2) is 45.4 Å². The molecular formula is C19H19F2N5O. The van der Waals surface area contributed by atoms with Crippen molar-refractivity contribution in [3.63, 3.8) is 0 Å². The number of fused-ring (bicyclic) bond motifs is 1. The Bertz CT molecular complexity index is 1000. The highest BCUT2D eigenvalue weighted by atomic mass is 19.1.